The van der Waals surface area contributed by atoms with Crippen LogP contribution < -0.4 is 4.90 Å². The Bertz CT molecular complexity index is 2160. The number of hydrogen-bond acceptors (Lipinski definition) is 3. The minimum atomic E-state index is 0.596. The number of rotatable bonds is 8. The summed E-state index contributed by atoms with van der Waals surface area (Å²) in [6.07, 6.45) is 5.92. The number of hydrogen-bond donors (Lipinski definition) is 0. The van der Waals surface area contributed by atoms with Crippen LogP contribution in [0.15, 0.2) is 181 Å². The van der Waals surface area contributed by atoms with Crippen molar-refractivity contribution in [3.05, 3.63) is 182 Å². The molecule has 0 aliphatic heterocycles. The van der Waals surface area contributed by atoms with E-state index in [1.165, 1.54) is 5.56 Å². The highest BCUT2D eigenvalue weighted by atomic mass is 16.3. The maximum atomic E-state index is 6.70. The van der Waals surface area contributed by atoms with E-state index in [1.807, 2.05) is 54.6 Å². The fourth-order valence-corrected chi connectivity index (χ4v) is 5.87. The van der Waals surface area contributed by atoms with Crippen LogP contribution in [0.2, 0.25) is 0 Å². The summed E-state index contributed by atoms with van der Waals surface area (Å²) in [7, 11) is 0. The van der Waals surface area contributed by atoms with Gasteiger partial charge in [-0.05, 0) is 59.3 Å². The van der Waals surface area contributed by atoms with E-state index >= 15 is 0 Å². The molecule has 1 heterocycles. The Kier molecular flexibility index (Phi) is 7.65. The molecule has 0 spiro atoms. The van der Waals surface area contributed by atoms with Crippen molar-refractivity contribution < 1.29 is 4.42 Å². The second-order valence-corrected chi connectivity index (χ2v) is 10.9. The van der Waals surface area contributed by atoms with E-state index in [0.29, 0.717) is 5.89 Å². The largest absolute Gasteiger partial charge is 0.434 e. The van der Waals surface area contributed by atoms with Gasteiger partial charge < -0.3 is 9.32 Å². The van der Waals surface area contributed by atoms with Gasteiger partial charge in [0.15, 0.2) is 5.58 Å². The van der Waals surface area contributed by atoms with Crippen LogP contribution in [0.1, 0.15) is 12.5 Å². The zero-order valence-corrected chi connectivity index (χ0v) is 25.1. The van der Waals surface area contributed by atoms with Gasteiger partial charge in [0.1, 0.15) is 5.52 Å². The smallest absolute Gasteiger partial charge is 0.227 e. The van der Waals surface area contributed by atoms with Crippen LogP contribution >= 0.6 is 0 Å². The summed E-state index contributed by atoms with van der Waals surface area (Å²) >= 11 is 0. The summed E-state index contributed by atoms with van der Waals surface area (Å²) in [4.78, 5) is 7.37. The quantitative estimate of drug-likeness (QED) is 0.167. The molecule has 0 atom stereocenters. The molecule has 0 bridgehead atoms. The summed E-state index contributed by atoms with van der Waals surface area (Å²) in [5, 5.41) is 2.15. The minimum absolute atomic E-state index is 0.596. The van der Waals surface area contributed by atoms with E-state index in [4.69, 9.17) is 9.40 Å². The van der Waals surface area contributed by atoms with Gasteiger partial charge in [0.2, 0.25) is 5.89 Å². The molecule has 6 aromatic carbocycles. The Morgan fingerprint density at radius 1 is 0.689 bits per heavy atom. The molecule has 0 aliphatic rings. The molecule has 0 amide bonds. The molecule has 0 saturated heterocycles. The highest BCUT2D eigenvalue weighted by molar-refractivity contribution is 6.11. The number of oxazole rings is 1. The third kappa shape index (κ3) is 5.48. The fourth-order valence-electron chi connectivity index (χ4n) is 5.87. The molecule has 0 unspecified atom stereocenters. The third-order valence-electron chi connectivity index (χ3n) is 8.07. The minimum Gasteiger partial charge on any atom is -0.434 e. The number of allylic oxidation sites excluding steroid dienone is 5. The van der Waals surface area contributed by atoms with Crippen LogP contribution in [0.5, 0.6) is 0 Å². The van der Waals surface area contributed by atoms with Crippen molar-refractivity contribution in [1.29, 1.82) is 0 Å². The van der Waals surface area contributed by atoms with Gasteiger partial charge >= 0.3 is 0 Å². The lowest BCUT2D eigenvalue weighted by Gasteiger charge is -2.28. The molecule has 7 rings (SSSR count). The Hall–Kier alpha value is -5.93. The second kappa shape index (κ2) is 12.4. The standard InChI is InChI=1S/C42H32N2O/c1-3-4-23-37(33-18-10-6-11-19-33)30(2)44(36-27-25-32(26-28-36)31-16-8-5-9-17-31)39-29-35-22-14-15-24-38(35)40-41(39)45-42(43-40)34-20-12-7-13-21-34/h3-29H,1H2,2H3/b23-4-,37-30-. The maximum Gasteiger partial charge on any atom is 0.227 e. The lowest BCUT2D eigenvalue weighted by atomic mass is 10.00. The Morgan fingerprint density at radius 3 is 1.98 bits per heavy atom. The van der Waals surface area contributed by atoms with Crippen LogP contribution in [-0.2, 0) is 0 Å². The molecule has 1 aromatic heterocycles. The van der Waals surface area contributed by atoms with E-state index in [2.05, 4.69) is 128 Å². The topological polar surface area (TPSA) is 29.3 Å². The highest BCUT2D eigenvalue weighted by Crippen LogP contribution is 2.43. The van der Waals surface area contributed by atoms with E-state index in [-0.39, 0.29) is 0 Å². The molecule has 3 heteroatoms. The Morgan fingerprint density at radius 2 is 1.29 bits per heavy atom. The number of anilines is 2. The maximum absolute atomic E-state index is 6.70. The Balaban J connectivity index is 1.52. The van der Waals surface area contributed by atoms with Crippen molar-refractivity contribution in [2.24, 2.45) is 0 Å². The molecule has 0 aliphatic carbocycles. The van der Waals surface area contributed by atoms with Crippen LogP contribution in [0.3, 0.4) is 0 Å². The summed E-state index contributed by atoms with van der Waals surface area (Å²) < 4.78 is 6.70. The lowest BCUT2D eigenvalue weighted by Crippen LogP contribution is -2.16. The van der Waals surface area contributed by atoms with E-state index in [9.17, 15) is 0 Å². The summed E-state index contributed by atoms with van der Waals surface area (Å²) in [6, 6.07) is 50.3. The van der Waals surface area contributed by atoms with Crippen molar-refractivity contribution >= 4 is 38.8 Å². The number of aromatic nitrogens is 1. The molecule has 45 heavy (non-hydrogen) atoms. The SMILES string of the molecule is C=C/C=C\C(=C(/C)N(c1ccc(-c2ccccc2)cc1)c1cc2ccccc2c2nc(-c3ccccc3)oc12)c1ccccc1. The predicted octanol–water partition coefficient (Wildman–Crippen LogP) is 11.6. The van der Waals surface area contributed by atoms with E-state index in [0.717, 1.165) is 61.2 Å². The first-order valence-corrected chi connectivity index (χ1v) is 15.1. The predicted molar refractivity (Wildman–Crippen MR) is 189 cm³/mol. The van der Waals surface area contributed by atoms with Crippen molar-refractivity contribution in [2.75, 3.05) is 4.90 Å². The van der Waals surface area contributed by atoms with Gasteiger partial charge in [-0.2, -0.15) is 0 Å². The van der Waals surface area contributed by atoms with Gasteiger partial charge in [-0.15, -0.1) is 0 Å². The monoisotopic (exact) mass is 580 g/mol. The van der Waals surface area contributed by atoms with Crippen LogP contribution in [-0.4, -0.2) is 4.98 Å². The lowest BCUT2D eigenvalue weighted by molar-refractivity contribution is 0.620. The summed E-state index contributed by atoms with van der Waals surface area (Å²) in [5.41, 5.74) is 10.0. The van der Waals surface area contributed by atoms with Crippen LogP contribution in [0, 0.1) is 0 Å². The number of nitrogens with zero attached hydrogens (tertiary/aromatic N) is 2. The molecule has 216 valence electrons. The van der Waals surface area contributed by atoms with Gasteiger partial charge in [0.25, 0.3) is 0 Å². The van der Waals surface area contributed by atoms with Gasteiger partial charge in [0.05, 0.1) is 5.69 Å². The number of fused-ring (bicyclic) bond motifs is 3. The van der Waals surface area contributed by atoms with Gasteiger partial charge in [-0.25, -0.2) is 4.98 Å². The molecule has 0 saturated carbocycles. The van der Waals surface area contributed by atoms with Crippen molar-refractivity contribution in [1.82, 2.24) is 4.98 Å². The first-order chi connectivity index (χ1) is 22.2. The van der Waals surface area contributed by atoms with Crippen molar-refractivity contribution in [3.63, 3.8) is 0 Å². The molecular weight excluding hydrogens is 548 g/mol. The average molecular weight is 581 g/mol. The molecule has 7 aromatic rings. The van der Waals surface area contributed by atoms with Crippen molar-refractivity contribution in [2.45, 2.75) is 6.92 Å². The van der Waals surface area contributed by atoms with E-state index < -0.39 is 0 Å². The highest BCUT2D eigenvalue weighted by Gasteiger charge is 2.23. The normalized spacial score (nSPS) is 12.0. The van der Waals surface area contributed by atoms with Crippen LogP contribution in [0.4, 0.5) is 11.4 Å². The zero-order chi connectivity index (χ0) is 30.6. The van der Waals surface area contributed by atoms with Crippen LogP contribution in [0.25, 0.3) is 50.0 Å². The Labute approximate surface area is 263 Å². The van der Waals surface area contributed by atoms with E-state index in [1.54, 1.807) is 0 Å². The van der Waals surface area contributed by atoms with Gasteiger partial charge in [-0.1, -0.05) is 140 Å². The molecular formula is C42H32N2O. The first-order valence-electron chi connectivity index (χ1n) is 15.1. The molecule has 0 fully saturated rings. The van der Waals surface area contributed by atoms with Gasteiger partial charge in [-0.3, -0.25) is 0 Å². The van der Waals surface area contributed by atoms with Gasteiger partial charge in [0, 0.05) is 27.9 Å². The molecule has 0 N–H and O–H groups in total. The third-order valence-corrected chi connectivity index (χ3v) is 8.07. The molecule has 0 radical (unpaired) electrons. The van der Waals surface area contributed by atoms with Crippen molar-refractivity contribution in [3.8, 4) is 22.6 Å². The summed E-state index contributed by atoms with van der Waals surface area (Å²) in [5.74, 6) is 0.596. The summed E-state index contributed by atoms with van der Waals surface area (Å²) in [6.45, 7) is 6.11. The zero-order valence-electron chi connectivity index (χ0n) is 25.1. The first kappa shape index (κ1) is 27.9. The number of benzene rings is 6. The second-order valence-electron chi connectivity index (χ2n) is 10.9. The fraction of sp³-hybridized carbons (Fsp3) is 0.0238. The molecule has 3 nitrogen and oxygen atoms in total. The average Bonchev–Trinajstić information content (AvgIpc) is 3.57.